The number of ether oxygens (including phenoxy) is 1. The molecule has 1 heterocycles. The maximum absolute atomic E-state index is 11.5. The Morgan fingerprint density at radius 2 is 1.83 bits per heavy atom. The van der Waals surface area contributed by atoms with Crippen molar-refractivity contribution in [3.63, 3.8) is 0 Å². The first-order valence-electron chi connectivity index (χ1n) is 11.0. The van der Waals surface area contributed by atoms with Gasteiger partial charge in [0, 0.05) is 12.0 Å². The summed E-state index contributed by atoms with van der Waals surface area (Å²) in [7, 11) is -1.76. The summed E-state index contributed by atoms with van der Waals surface area (Å²) < 4.78 is 17.4. The molecule has 0 aliphatic heterocycles. The molecule has 0 aromatic carbocycles. The lowest BCUT2D eigenvalue weighted by atomic mass is 10.1. The minimum Gasteiger partial charge on any atom is -0.463 e. The van der Waals surface area contributed by atoms with Gasteiger partial charge in [-0.3, -0.25) is 0 Å². The van der Waals surface area contributed by atoms with Crippen LogP contribution >= 0.6 is 0 Å². The summed E-state index contributed by atoms with van der Waals surface area (Å²) in [6, 6.07) is 2.16. The summed E-state index contributed by atoms with van der Waals surface area (Å²) >= 11 is 0. The van der Waals surface area contributed by atoms with Crippen molar-refractivity contribution in [3.8, 4) is 0 Å². The number of carbonyl (C=O) groups excluding carboxylic acids is 1. The van der Waals surface area contributed by atoms with Crippen LogP contribution < -0.4 is 0 Å². The summed E-state index contributed by atoms with van der Waals surface area (Å²) in [6.07, 6.45) is 8.44. The number of hydrogen-bond donors (Lipinski definition) is 0. The van der Waals surface area contributed by atoms with Crippen LogP contribution in [0.2, 0.25) is 18.1 Å². The van der Waals surface area contributed by atoms with Crippen molar-refractivity contribution in [2.75, 3.05) is 6.61 Å². The van der Waals surface area contributed by atoms with Crippen LogP contribution in [0.15, 0.2) is 22.1 Å². The van der Waals surface area contributed by atoms with Gasteiger partial charge in [-0.2, -0.15) is 0 Å². The monoisotopic (exact) mass is 422 g/mol. The van der Waals surface area contributed by atoms with E-state index in [9.17, 15) is 4.79 Å². The molecule has 1 rings (SSSR count). The van der Waals surface area contributed by atoms with E-state index < -0.39 is 8.32 Å². The highest BCUT2D eigenvalue weighted by atomic mass is 28.4. The molecule has 1 aromatic rings. The van der Waals surface area contributed by atoms with E-state index in [1.807, 2.05) is 19.9 Å². The van der Waals surface area contributed by atoms with Gasteiger partial charge in [0.05, 0.1) is 13.2 Å². The summed E-state index contributed by atoms with van der Waals surface area (Å²) in [6.45, 7) is 18.1. The molecule has 0 unspecified atom stereocenters. The summed E-state index contributed by atoms with van der Waals surface area (Å²) in [5, 5.41) is 0.209. The maximum atomic E-state index is 11.5. The fraction of sp³-hybridized carbons (Fsp3) is 0.708. The van der Waals surface area contributed by atoms with Gasteiger partial charge in [0.25, 0.3) is 0 Å². The molecular weight excluding hydrogens is 380 g/mol. The summed E-state index contributed by atoms with van der Waals surface area (Å²) in [4.78, 5) is 11.5. The second-order valence-electron chi connectivity index (χ2n) is 9.43. The molecule has 166 valence electrons. The molecule has 0 aliphatic carbocycles. The molecular formula is C24H42O4Si. The quantitative estimate of drug-likeness (QED) is 0.156. The van der Waals surface area contributed by atoms with Crippen LogP contribution in [0.4, 0.5) is 0 Å². The van der Waals surface area contributed by atoms with Crippen molar-refractivity contribution in [1.82, 2.24) is 0 Å². The molecule has 5 heteroatoms. The zero-order chi connectivity index (χ0) is 22.1. The Balaban J connectivity index is 2.32. The van der Waals surface area contributed by atoms with Gasteiger partial charge in [-0.1, -0.05) is 39.7 Å². The first-order valence-corrected chi connectivity index (χ1v) is 13.9. The van der Waals surface area contributed by atoms with Gasteiger partial charge in [-0.05, 0) is 69.8 Å². The van der Waals surface area contributed by atoms with Gasteiger partial charge in [0.15, 0.2) is 8.32 Å². The third kappa shape index (κ3) is 8.91. The number of esters is 1. The highest BCUT2D eigenvalue weighted by Gasteiger charge is 2.37. The van der Waals surface area contributed by atoms with E-state index in [-0.39, 0.29) is 11.0 Å². The van der Waals surface area contributed by atoms with E-state index in [1.54, 1.807) is 0 Å². The predicted octanol–water partition coefficient (Wildman–Crippen LogP) is 7.11. The number of hydrogen-bond acceptors (Lipinski definition) is 4. The topological polar surface area (TPSA) is 48.7 Å². The molecule has 0 saturated heterocycles. The van der Waals surface area contributed by atoms with Gasteiger partial charge < -0.3 is 13.6 Å². The van der Waals surface area contributed by atoms with Gasteiger partial charge in [0.2, 0.25) is 0 Å². The van der Waals surface area contributed by atoms with Crippen molar-refractivity contribution < 1.29 is 18.4 Å². The van der Waals surface area contributed by atoms with Crippen LogP contribution in [0.1, 0.15) is 83.8 Å². The van der Waals surface area contributed by atoms with Crippen LogP contribution in [0.25, 0.3) is 0 Å². The fourth-order valence-electron chi connectivity index (χ4n) is 2.76. The Bertz CT molecular complexity index is 665. The highest BCUT2D eigenvalue weighted by molar-refractivity contribution is 6.74. The second kappa shape index (κ2) is 11.8. The minimum absolute atomic E-state index is 0.200. The average Bonchev–Trinajstić information content (AvgIpc) is 2.98. The van der Waals surface area contributed by atoms with E-state index >= 15 is 0 Å². The number of rotatable bonds is 12. The Labute approximate surface area is 179 Å². The minimum atomic E-state index is -1.76. The molecule has 1 aromatic heterocycles. The van der Waals surface area contributed by atoms with Crippen LogP contribution in [0, 0.1) is 6.92 Å². The normalized spacial score (nSPS) is 13.0. The number of unbranched alkanes of at least 4 members (excludes halogenated alkanes) is 4. The Morgan fingerprint density at radius 3 is 2.45 bits per heavy atom. The standard InChI is InChI=1S/C24H42O4Si/c1-9-26-23(25)19(2)15-13-11-10-12-14-16-21-17-20(3)22(28-21)18-27-29(7,8)24(4,5)6/h15,17H,9-14,16,18H2,1-8H3/b19-15-. The van der Waals surface area contributed by atoms with Gasteiger partial charge in [-0.25, -0.2) is 4.79 Å². The molecule has 0 radical (unpaired) electrons. The third-order valence-electron chi connectivity index (χ3n) is 5.87. The van der Waals surface area contributed by atoms with Crippen molar-refractivity contribution >= 4 is 14.3 Å². The van der Waals surface area contributed by atoms with Crippen LogP contribution in [0.3, 0.4) is 0 Å². The third-order valence-corrected chi connectivity index (χ3v) is 10.3. The second-order valence-corrected chi connectivity index (χ2v) is 14.2. The van der Waals surface area contributed by atoms with Gasteiger partial charge in [0.1, 0.15) is 11.5 Å². The summed E-state index contributed by atoms with van der Waals surface area (Å²) in [5.74, 6) is 1.84. The smallest absolute Gasteiger partial charge is 0.333 e. The van der Waals surface area contributed by atoms with E-state index in [0.717, 1.165) is 43.6 Å². The number of aryl methyl sites for hydroxylation is 2. The molecule has 0 spiro atoms. The average molecular weight is 423 g/mol. The first kappa shape index (κ1) is 25.7. The first-order chi connectivity index (χ1) is 13.5. The summed E-state index contributed by atoms with van der Waals surface area (Å²) in [5.41, 5.74) is 1.91. The predicted molar refractivity (Wildman–Crippen MR) is 123 cm³/mol. The molecule has 0 amide bonds. The van der Waals surface area contributed by atoms with Crippen molar-refractivity contribution in [1.29, 1.82) is 0 Å². The Morgan fingerprint density at radius 1 is 1.17 bits per heavy atom. The van der Waals surface area contributed by atoms with E-state index in [2.05, 4.69) is 46.9 Å². The molecule has 0 atom stereocenters. The largest absolute Gasteiger partial charge is 0.463 e. The Hall–Kier alpha value is -1.33. The van der Waals surface area contributed by atoms with Crippen molar-refractivity contribution in [3.05, 3.63) is 34.8 Å². The number of carbonyl (C=O) groups is 1. The van der Waals surface area contributed by atoms with Crippen LogP contribution in [-0.2, 0) is 27.0 Å². The van der Waals surface area contributed by atoms with Crippen LogP contribution in [-0.4, -0.2) is 20.9 Å². The van der Waals surface area contributed by atoms with Gasteiger partial charge in [-0.15, -0.1) is 0 Å². The van der Waals surface area contributed by atoms with E-state index in [1.165, 1.54) is 12.0 Å². The van der Waals surface area contributed by atoms with Crippen molar-refractivity contribution in [2.45, 2.75) is 105 Å². The van der Waals surface area contributed by atoms with Crippen molar-refractivity contribution in [2.24, 2.45) is 0 Å². The molecule has 0 N–H and O–H groups in total. The molecule has 29 heavy (non-hydrogen) atoms. The Kier molecular flexibility index (Phi) is 10.4. The molecule has 4 nitrogen and oxygen atoms in total. The number of allylic oxidation sites excluding steroid dienone is 1. The van der Waals surface area contributed by atoms with E-state index in [4.69, 9.17) is 13.6 Å². The highest BCUT2D eigenvalue weighted by Crippen LogP contribution is 2.37. The lowest BCUT2D eigenvalue weighted by molar-refractivity contribution is -0.138. The molecule has 0 saturated carbocycles. The number of furan rings is 1. The fourth-order valence-corrected chi connectivity index (χ4v) is 3.69. The van der Waals surface area contributed by atoms with E-state index in [0.29, 0.717) is 18.8 Å². The van der Waals surface area contributed by atoms with Gasteiger partial charge >= 0.3 is 5.97 Å². The SMILES string of the molecule is CCOC(=O)/C(C)=C\CCCCCCc1cc(C)c(CO[Si](C)(C)C(C)(C)C)o1. The van der Waals surface area contributed by atoms with Crippen LogP contribution in [0.5, 0.6) is 0 Å². The maximum Gasteiger partial charge on any atom is 0.333 e. The lowest BCUT2D eigenvalue weighted by Crippen LogP contribution is -2.40. The zero-order valence-electron chi connectivity index (χ0n) is 19.9. The molecule has 0 aliphatic rings. The molecule has 0 bridgehead atoms. The lowest BCUT2D eigenvalue weighted by Gasteiger charge is -2.35. The zero-order valence-corrected chi connectivity index (χ0v) is 20.9. The molecule has 0 fully saturated rings.